The van der Waals surface area contributed by atoms with E-state index in [-0.39, 0.29) is 24.3 Å². The summed E-state index contributed by atoms with van der Waals surface area (Å²) in [5.74, 6) is -1.89. The molecule has 0 aromatic heterocycles. The molecule has 0 aliphatic rings. The maximum atomic E-state index is 11.3. The topological polar surface area (TPSA) is 83.8 Å². The van der Waals surface area contributed by atoms with Crippen molar-refractivity contribution in [3.63, 3.8) is 0 Å². The van der Waals surface area contributed by atoms with Gasteiger partial charge in [0.2, 0.25) is 0 Å². The van der Waals surface area contributed by atoms with Gasteiger partial charge >= 0.3 is 11.9 Å². The zero-order chi connectivity index (χ0) is 12.1. The molecule has 0 aliphatic heterocycles. The van der Waals surface area contributed by atoms with Crippen molar-refractivity contribution >= 4 is 11.9 Å². The number of carboxylic acid groups (broad SMARTS) is 1. The van der Waals surface area contributed by atoms with Gasteiger partial charge in [-0.1, -0.05) is 6.07 Å². The molecular formula is C11H12O5. The van der Waals surface area contributed by atoms with E-state index in [9.17, 15) is 14.7 Å². The number of esters is 1. The standard InChI is InChI=1S/C11H12O5/c1-2-16-11(15)8-4-3-7(5-9(8)12)6-10(13)14/h3-5,12H,2,6H2,1H3,(H,13,14). The number of phenols is 1. The Morgan fingerprint density at radius 2 is 2.06 bits per heavy atom. The minimum Gasteiger partial charge on any atom is -0.507 e. The average Bonchev–Trinajstić information content (AvgIpc) is 2.16. The average molecular weight is 224 g/mol. The molecule has 5 heteroatoms. The van der Waals surface area contributed by atoms with Crippen LogP contribution in [0, 0.1) is 0 Å². The third-order valence-corrected chi connectivity index (χ3v) is 1.91. The van der Waals surface area contributed by atoms with Crippen LogP contribution in [-0.2, 0) is 16.0 Å². The molecule has 0 unspecified atom stereocenters. The molecule has 5 nitrogen and oxygen atoms in total. The van der Waals surface area contributed by atoms with Gasteiger partial charge in [0.1, 0.15) is 11.3 Å². The number of benzene rings is 1. The number of carbonyl (C=O) groups excluding carboxylic acids is 1. The SMILES string of the molecule is CCOC(=O)c1ccc(CC(=O)O)cc1O. The first-order valence-corrected chi connectivity index (χ1v) is 4.75. The molecule has 0 radical (unpaired) electrons. The van der Waals surface area contributed by atoms with Gasteiger partial charge in [0.15, 0.2) is 0 Å². The molecule has 2 N–H and O–H groups in total. The fraction of sp³-hybridized carbons (Fsp3) is 0.273. The van der Waals surface area contributed by atoms with E-state index in [1.165, 1.54) is 18.2 Å². The summed E-state index contributed by atoms with van der Waals surface area (Å²) in [6, 6.07) is 4.08. The number of aromatic hydroxyl groups is 1. The second-order valence-corrected chi connectivity index (χ2v) is 3.14. The van der Waals surface area contributed by atoms with Crippen molar-refractivity contribution in [1.82, 2.24) is 0 Å². The van der Waals surface area contributed by atoms with E-state index in [2.05, 4.69) is 0 Å². The zero-order valence-corrected chi connectivity index (χ0v) is 8.77. The number of carboxylic acids is 1. The second-order valence-electron chi connectivity index (χ2n) is 3.14. The molecule has 16 heavy (non-hydrogen) atoms. The van der Waals surface area contributed by atoms with Crippen LogP contribution in [0.15, 0.2) is 18.2 Å². The van der Waals surface area contributed by atoms with Gasteiger partial charge in [-0.15, -0.1) is 0 Å². The van der Waals surface area contributed by atoms with Crippen LogP contribution in [0.1, 0.15) is 22.8 Å². The molecule has 0 atom stereocenters. The van der Waals surface area contributed by atoms with Gasteiger partial charge in [-0.2, -0.15) is 0 Å². The normalized spacial score (nSPS) is 9.81. The number of rotatable bonds is 4. The van der Waals surface area contributed by atoms with Crippen molar-refractivity contribution in [2.75, 3.05) is 6.61 Å². The summed E-state index contributed by atoms with van der Waals surface area (Å²) < 4.78 is 4.71. The Labute approximate surface area is 92.3 Å². The summed E-state index contributed by atoms with van der Waals surface area (Å²) >= 11 is 0. The summed E-state index contributed by atoms with van der Waals surface area (Å²) in [6.07, 6.45) is -0.198. The molecule has 0 aliphatic carbocycles. The van der Waals surface area contributed by atoms with Gasteiger partial charge in [0.05, 0.1) is 13.0 Å². The van der Waals surface area contributed by atoms with E-state index in [1.807, 2.05) is 0 Å². The lowest BCUT2D eigenvalue weighted by atomic mass is 10.1. The van der Waals surface area contributed by atoms with E-state index in [0.29, 0.717) is 5.56 Å². The first-order chi connectivity index (χ1) is 7.54. The Kier molecular flexibility index (Phi) is 3.88. The molecule has 86 valence electrons. The lowest BCUT2D eigenvalue weighted by Gasteiger charge is -2.05. The van der Waals surface area contributed by atoms with E-state index >= 15 is 0 Å². The van der Waals surface area contributed by atoms with Crippen LogP contribution in [0.5, 0.6) is 5.75 Å². The first-order valence-electron chi connectivity index (χ1n) is 4.75. The molecule has 0 bridgehead atoms. The highest BCUT2D eigenvalue weighted by molar-refractivity contribution is 5.92. The Morgan fingerprint density at radius 1 is 1.38 bits per heavy atom. The predicted molar refractivity (Wildman–Crippen MR) is 55.4 cm³/mol. The number of hydrogen-bond acceptors (Lipinski definition) is 4. The summed E-state index contributed by atoms with van der Waals surface area (Å²) in [6.45, 7) is 1.88. The molecule has 1 aromatic rings. The van der Waals surface area contributed by atoms with E-state index in [1.54, 1.807) is 6.92 Å². The maximum absolute atomic E-state index is 11.3. The van der Waals surface area contributed by atoms with Crippen molar-refractivity contribution < 1.29 is 24.5 Å². The highest BCUT2D eigenvalue weighted by atomic mass is 16.5. The van der Waals surface area contributed by atoms with Crippen LogP contribution < -0.4 is 0 Å². The van der Waals surface area contributed by atoms with Crippen LogP contribution in [0.25, 0.3) is 0 Å². The molecular weight excluding hydrogens is 212 g/mol. The van der Waals surface area contributed by atoms with Gasteiger partial charge in [-0.05, 0) is 24.6 Å². The van der Waals surface area contributed by atoms with E-state index in [4.69, 9.17) is 9.84 Å². The molecule has 0 saturated heterocycles. The van der Waals surface area contributed by atoms with Crippen LogP contribution in [0.2, 0.25) is 0 Å². The predicted octanol–water partition coefficient (Wildman–Crippen LogP) is 1.20. The summed E-state index contributed by atoms with van der Waals surface area (Å²) in [7, 11) is 0. The fourth-order valence-electron chi connectivity index (χ4n) is 1.24. The maximum Gasteiger partial charge on any atom is 0.341 e. The fourth-order valence-corrected chi connectivity index (χ4v) is 1.24. The van der Waals surface area contributed by atoms with E-state index < -0.39 is 11.9 Å². The lowest BCUT2D eigenvalue weighted by Crippen LogP contribution is -2.06. The molecule has 1 rings (SSSR count). The van der Waals surface area contributed by atoms with Crippen molar-refractivity contribution in [2.45, 2.75) is 13.3 Å². The van der Waals surface area contributed by atoms with Gasteiger partial charge < -0.3 is 14.9 Å². The Morgan fingerprint density at radius 3 is 2.56 bits per heavy atom. The van der Waals surface area contributed by atoms with Crippen LogP contribution in [0.3, 0.4) is 0 Å². The molecule has 0 spiro atoms. The first kappa shape index (κ1) is 12.0. The van der Waals surface area contributed by atoms with Crippen LogP contribution in [-0.4, -0.2) is 28.8 Å². The van der Waals surface area contributed by atoms with Crippen LogP contribution >= 0.6 is 0 Å². The zero-order valence-electron chi connectivity index (χ0n) is 8.77. The monoisotopic (exact) mass is 224 g/mol. The molecule has 0 saturated carbocycles. The van der Waals surface area contributed by atoms with Gasteiger partial charge in [-0.25, -0.2) is 4.79 Å². The second kappa shape index (κ2) is 5.16. The third-order valence-electron chi connectivity index (χ3n) is 1.91. The number of phenolic OH excluding ortho intramolecular Hbond substituents is 1. The molecule has 0 heterocycles. The van der Waals surface area contributed by atoms with Gasteiger partial charge in [-0.3, -0.25) is 4.79 Å². The highest BCUT2D eigenvalue weighted by Crippen LogP contribution is 2.20. The highest BCUT2D eigenvalue weighted by Gasteiger charge is 2.13. The number of aliphatic carboxylic acids is 1. The summed E-state index contributed by atoms with van der Waals surface area (Å²) in [5, 5.41) is 18.1. The molecule has 1 aromatic carbocycles. The number of ether oxygens (including phenoxy) is 1. The minimum absolute atomic E-state index is 0.0380. The Bertz CT molecular complexity index is 411. The van der Waals surface area contributed by atoms with Crippen LogP contribution in [0.4, 0.5) is 0 Å². The van der Waals surface area contributed by atoms with Gasteiger partial charge in [0, 0.05) is 0 Å². The van der Waals surface area contributed by atoms with Gasteiger partial charge in [0.25, 0.3) is 0 Å². The smallest absolute Gasteiger partial charge is 0.341 e. The van der Waals surface area contributed by atoms with Crippen molar-refractivity contribution in [3.05, 3.63) is 29.3 Å². The van der Waals surface area contributed by atoms with Crippen molar-refractivity contribution in [1.29, 1.82) is 0 Å². The molecule has 0 fully saturated rings. The summed E-state index contributed by atoms with van der Waals surface area (Å²) in [4.78, 5) is 21.7. The van der Waals surface area contributed by atoms with Crippen molar-refractivity contribution in [3.8, 4) is 5.75 Å². The number of carbonyl (C=O) groups is 2. The minimum atomic E-state index is -0.997. The third kappa shape index (κ3) is 2.98. The summed E-state index contributed by atoms with van der Waals surface area (Å²) in [5.41, 5.74) is 0.467. The number of hydrogen-bond donors (Lipinski definition) is 2. The van der Waals surface area contributed by atoms with E-state index in [0.717, 1.165) is 0 Å². The largest absolute Gasteiger partial charge is 0.507 e. The lowest BCUT2D eigenvalue weighted by molar-refractivity contribution is -0.136. The Balaban J connectivity index is 2.91. The van der Waals surface area contributed by atoms with Crippen molar-refractivity contribution in [2.24, 2.45) is 0 Å². The quantitative estimate of drug-likeness (QED) is 0.750. The molecule has 0 amide bonds. The Hall–Kier alpha value is -2.04.